The van der Waals surface area contributed by atoms with Crippen molar-refractivity contribution in [2.24, 2.45) is 0 Å². The van der Waals surface area contributed by atoms with Gasteiger partial charge in [0.15, 0.2) is 10.9 Å². The molecule has 27 heavy (non-hydrogen) atoms. The van der Waals surface area contributed by atoms with Crippen molar-refractivity contribution in [3.05, 3.63) is 71.7 Å². The van der Waals surface area contributed by atoms with E-state index >= 15 is 0 Å². The molecule has 3 heterocycles. The zero-order valence-corrected chi connectivity index (χ0v) is 15.0. The quantitative estimate of drug-likeness (QED) is 0.454. The molecule has 2 N–H and O–H groups in total. The number of carbonyl (C=O) groups excluding carboxylic acids is 1. The van der Waals surface area contributed by atoms with Gasteiger partial charge in [0.25, 0.3) is 0 Å². The predicted molar refractivity (Wildman–Crippen MR) is 108 cm³/mol. The summed E-state index contributed by atoms with van der Waals surface area (Å²) in [5.41, 5.74) is 3.54. The maximum Gasteiger partial charge on any atom is 0.230 e. The Balaban J connectivity index is 1.33. The monoisotopic (exact) mass is 373 g/mol. The lowest BCUT2D eigenvalue weighted by atomic mass is 10.1. The van der Waals surface area contributed by atoms with Crippen LogP contribution in [0.2, 0.25) is 0 Å². The van der Waals surface area contributed by atoms with Crippen LogP contribution < -0.4 is 5.32 Å². The standard InChI is InChI=1S/C21H15N3O2S/c25-20(10-14-11-22-16-7-3-2-6-15(14)16)24-21-23-17(12-27-21)19-9-13-5-1-4-8-18(13)26-19/h1-9,11-12,22H,10H2,(H,23,24,25). The van der Waals surface area contributed by atoms with Gasteiger partial charge >= 0.3 is 0 Å². The lowest BCUT2D eigenvalue weighted by Gasteiger charge is -2.01. The van der Waals surface area contributed by atoms with Crippen molar-refractivity contribution in [3.63, 3.8) is 0 Å². The Morgan fingerprint density at radius 2 is 2.00 bits per heavy atom. The summed E-state index contributed by atoms with van der Waals surface area (Å²) in [6, 6.07) is 17.7. The average molecular weight is 373 g/mol. The molecular formula is C21H15N3O2S. The number of anilines is 1. The van der Waals surface area contributed by atoms with Gasteiger partial charge in [-0.1, -0.05) is 36.4 Å². The summed E-state index contributed by atoms with van der Waals surface area (Å²) in [6.45, 7) is 0. The Morgan fingerprint density at radius 3 is 2.93 bits per heavy atom. The van der Waals surface area contributed by atoms with E-state index in [1.165, 1.54) is 11.3 Å². The van der Waals surface area contributed by atoms with Crippen LogP contribution in [0, 0.1) is 0 Å². The number of nitrogens with zero attached hydrogens (tertiary/aromatic N) is 1. The molecule has 0 spiro atoms. The molecule has 3 aromatic heterocycles. The summed E-state index contributed by atoms with van der Waals surface area (Å²) in [5.74, 6) is 0.606. The largest absolute Gasteiger partial charge is 0.454 e. The number of furan rings is 1. The number of nitrogens with one attached hydrogen (secondary N) is 2. The van der Waals surface area contributed by atoms with Crippen LogP contribution in [0.1, 0.15) is 5.56 Å². The van der Waals surface area contributed by atoms with E-state index in [1.54, 1.807) is 0 Å². The molecule has 2 aromatic carbocycles. The molecule has 5 aromatic rings. The van der Waals surface area contributed by atoms with Crippen molar-refractivity contribution in [2.75, 3.05) is 5.32 Å². The fourth-order valence-electron chi connectivity index (χ4n) is 3.17. The van der Waals surface area contributed by atoms with E-state index in [0.717, 1.165) is 33.1 Å². The van der Waals surface area contributed by atoms with Crippen LogP contribution in [0.3, 0.4) is 0 Å². The van der Waals surface area contributed by atoms with Crippen LogP contribution in [0.15, 0.2) is 70.6 Å². The van der Waals surface area contributed by atoms with Gasteiger partial charge in [-0.05, 0) is 23.8 Å². The van der Waals surface area contributed by atoms with Crippen molar-refractivity contribution in [1.29, 1.82) is 0 Å². The number of hydrogen-bond donors (Lipinski definition) is 2. The lowest BCUT2D eigenvalue weighted by molar-refractivity contribution is -0.115. The topological polar surface area (TPSA) is 70.9 Å². The Morgan fingerprint density at radius 1 is 1.15 bits per heavy atom. The number of aromatic amines is 1. The van der Waals surface area contributed by atoms with Crippen LogP contribution in [0.25, 0.3) is 33.3 Å². The number of para-hydroxylation sites is 2. The van der Waals surface area contributed by atoms with Crippen LogP contribution in [0.5, 0.6) is 0 Å². The first-order chi connectivity index (χ1) is 13.3. The van der Waals surface area contributed by atoms with Crippen LogP contribution >= 0.6 is 11.3 Å². The molecule has 0 saturated heterocycles. The molecule has 6 heteroatoms. The number of thiazole rings is 1. The molecule has 132 valence electrons. The SMILES string of the molecule is O=C(Cc1c[nH]c2ccccc12)Nc1nc(-c2cc3ccccc3o2)cs1. The highest BCUT2D eigenvalue weighted by Crippen LogP contribution is 2.30. The van der Waals surface area contributed by atoms with Gasteiger partial charge in [0.05, 0.1) is 6.42 Å². The minimum atomic E-state index is -0.0924. The third-order valence-electron chi connectivity index (χ3n) is 4.45. The number of carbonyl (C=O) groups is 1. The highest BCUT2D eigenvalue weighted by Gasteiger charge is 2.13. The van der Waals surface area contributed by atoms with Gasteiger partial charge in [-0.15, -0.1) is 11.3 Å². The third kappa shape index (κ3) is 3.00. The summed E-state index contributed by atoms with van der Waals surface area (Å²) in [5, 5.41) is 7.43. The molecule has 1 amide bonds. The first kappa shape index (κ1) is 15.8. The Kier molecular flexibility index (Phi) is 3.76. The summed E-state index contributed by atoms with van der Waals surface area (Å²) >= 11 is 1.39. The molecule has 0 unspecified atom stereocenters. The minimum Gasteiger partial charge on any atom is -0.454 e. The summed E-state index contributed by atoms with van der Waals surface area (Å²) < 4.78 is 5.83. The molecule has 0 aliphatic carbocycles. The van der Waals surface area contributed by atoms with Gasteiger partial charge < -0.3 is 14.7 Å². The maximum absolute atomic E-state index is 12.4. The molecule has 5 nitrogen and oxygen atoms in total. The summed E-state index contributed by atoms with van der Waals surface area (Å²) in [4.78, 5) is 20.1. The highest BCUT2D eigenvalue weighted by atomic mass is 32.1. The fourth-order valence-corrected chi connectivity index (χ4v) is 3.88. The third-order valence-corrected chi connectivity index (χ3v) is 5.21. The predicted octanol–water partition coefficient (Wildman–Crippen LogP) is 5.22. The van der Waals surface area contributed by atoms with Gasteiger partial charge in [0.1, 0.15) is 11.3 Å². The second kappa shape index (κ2) is 6.41. The first-order valence-electron chi connectivity index (χ1n) is 8.55. The fraction of sp³-hybridized carbons (Fsp3) is 0.0476. The normalized spacial score (nSPS) is 11.3. The molecule has 0 fully saturated rings. The van der Waals surface area contributed by atoms with Gasteiger partial charge in [0, 0.05) is 27.9 Å². The summed E-state index contributed by atoms with van der Waals surface area (Å²) in [6.07, 6.45) is 2.18. The second-order valence-corrected chi connectivity index (χ2v) is 7.13. The summed E-state index contributed by atoms with van der Waals surface area (Å²) in [7, 11) is 0. The van der Waals surface area contributed by atoms with E-state index in [4.69, 9.17) is 4.42 Å². The van der Waals surface area contributed by atoms with Crippen molar-refractivity contribution in [1.82, 2.24) is 9.97 Å². The number of fused-ring (bicyclic) bond motifs is 2. The number of amides is 1. The van der Waals surface area contributed by atoms with Crippen molar-refractivity contribution in [3.8, 4) is 11.5 Å². The Bertz CT molecular complexity index is 1230. The number of hydrogen-bond acceptors (Lipinski definition) is 4. The second-order valence-electron chi connectivity index (χ2n) is 6.27. The molecule has 0 saturated carbocycles. The van der Waals surface area contributed by atoms with E-state index in [1.807, 2.05) is 66.2 Å². The zero-order chi connectivity index (χ0) is 18.2. The van der Waals surface area contributed by atoms with E-state index in [-0.39, 0.29) is 5.91 Å². The Labute approximate surface area is 158 Å². The van der Waals surface area contributed by atoms with Gasteiger partial charge in [-0.25, -0.2) is 4.98 Å². The molecule has 0 atom stereocenters. The maximum atomic E-state index is 12.4. The molecule has 5 rings (SSSR count). The first-order valence-corrected chi connectivity index (χ1v) is 9.43. The number of H-pyrrole nitrogens is 1. The minimum absolute atomic E-state index is 0.0924. The molecular weight excluding hydrogens is 358 g/mol. The molecule has 0 bridgehead atoms. The smallest absolute Gasteiger partial charge is 0.230 e. The van der Waals surface area contributed by atoms with E-state index in [2.05, 4.69) is 15.3 Å². The zero-order valence-electron chi connectivity index (χ0n) is 14.2. The van der Waals surface area contributed by atoms with E-state index in [0.29, 0.717) is 17.3 Å². The van der Waals surface area contributed by atoms with Crippen LogP contribution in [-0.2, 0) is 11.2 Å². The van der Waals surface area contributed by atoms with Gasteiger partial charge in [-0.3, -0.25) is 4.79 Å². The number of aromatic nitrogens is 2. The molecule has 0 aliphatic rings. The van der Waals surface area contributed by atoms with Gasteiger partial charge in [0.2, 0.25) is 5.91 Å². The average Bonchev–Trinajstić information content (AvgIpc) is 3.40. The van der Waals surface area contributed by atoms with Gasteiger partial charge in [-0.2, -0.15) is 0 Å². The van der Waals surface area contributed by atoms with Crippen LogP contribution in [0.4, 0.5) is 5.13 Å². The lowest BCUT2D eigenvalue weighted by Crippen LogP contribution is -2.13. The van der Waals surface area contributed by atoms with Crippen molar-refractivity contribution >= 4 is 44.2 Å². The van der Waals surface area contributed by atoms with E-state index in [9.17, 15) is 4.79 Å². The number of rotatable bonds is 4. The Hall–Kier alpha value is -3.38. The molecule has 0 radical (unpaired) electrons. The van der Waals surface area contributed by atoms with Crippen molar-refractivity contribution in [2.45, 2.75) is 6.42 Å². The molecule has 0 aliphatic heterocycles. The van der Waals surface area contributed by atoms with E-state index < -0.39 is 0 Å². The number of benzene rings is 2. The highest BCUT2D eigenvalue weighted by molar-refractivity contribution is 7.14. The van der Waals surface area contributed by atoms with Crippen LogP contribution in [-0.4, -0.2) is 15.9 Å². The van der Waals surface area contributed by atoms with Crippen molar-refractivity contribution < 1.29 is 9.21 Å².